The number of para-hydroxylation sites is 2. The highest BCUT2D eigenvalue weighted by Gasteiger charge is 2.13. The van der Waals surface area contributed by atoms with Crippen molar-refractivity contribution in [3.63, 3.8) is 0 Å². The van der Waals surface area contributed by atoms with Crippen LogP contribution in [0.15, 0.2) is 84.0 Å². The Bertz CT molecular complexity index is 1130. The molecule has 0 bridgehead atoms. The van der Waals surface area contributed by atoms with Crippen LogP contribution in [0.4, 0.5) is 11.4 Å². The minimum Gasteiger partial charge on any atom is -0.497 e. The van der Waals surface area contributed by atoms with Crippen molar-refractivity contribution in [1.82, 2.24) is 5.43 Å². The van der Waals surface area contributed by atoms with E-state index in [0.29, 0.717) is 28.4 Å². The van der Waals surface area contributed by atoms with Gasteiger partial charge in [0.1, 0.15) is 11.5 Å². The molecule has 0 heterocycles. The molecule has 3 amide bonds. The molecule has 0 aliphatic heterocycles. The summed E-state index contributed by atoms with van der Waals surface area (Å²) in [7, 11) is 1.53. The number of ether oxygens (including phenoxy) is 2. The number of methoxy groups -OCH3 is 1. The van der Waals surface area contributed by atoms with Crippen LogP contribution < -0.4 is 25.5 Å². The van der Waals surface area contributed by atoms with Crippen LogP contribution in [-0.2, 0) is 14.4 Å². The molecule has 9 nitrogen and oxygen atoms in total. The van der Waals surface area contributed by atoms with Gasteiger partial charge in [-0.05, 0) is 48.5 Å². The molecule has 3 aromatic carbocycles. The van der Waals surface area contributed by atoms with Crippen molar-refractivity contribution < 1.29 is 23.9 Å². The molecule has 0 saturated carbocycles. The fraction of sp³-hybridized carbons (Fsp3) is 0.0833. The molecule has 9 heteroatoms. The lowest BCUT2D eigenvalue weighted by Gasteiger charge is -2.09. The molecule has 0 aliphatic carbocycles. The molecule has 0 atom stereocenters. The topological polar surface area (TPSA) is 118 Å². The standard InChI is InChI=1S/C24H22N4O5/c1-32-20-13-11-19(12-14-20)27-23(30)24(31)28-25-15-17-7-5-6-10-21(17)33-16-22(29)26-18-8-3-2-4-9-18/h2-15H,16H2,1H3,(H,26,29)(H,27,30)(H,28,31)/b25-15-. The van der Waals surface area contributed by atoms with E-state index < -0.39 is 11.8 Å². The van der Waals surface area contributed by atoms with E-state index in [1.54, 1.807) is 60.7 Å². The Morgan fingerprint density at radius 2 is 1.48 bits per heavy atom. The normalized spacial score (nSPS) is 10.3. The summed E-state index contributed by atoms with van der Waals surface area (Å²) in [4.78, 5) is 36.1. The second kappa shape index (κ2) is 11.7. The number of carbonyl (C=O) groups excluding carboxylic acids is 3. The molecule has 168 valence electrons. The summed E-state index contributed by atoms with van der Waals surface area (Å²) in [5, 5.41) is 8.98. The molecule has 3 aromatic rings. The summed E-state index contributed by atoms with van der Waals surface area (Å²) in [5.74, 6) is -1.12. The Balaban J connectivity index is 1.51. The van der Waals surface area contributed by atoms with Crippen LogP contribution in [-0.4, -0.2) is 37.7 Å². The van der Waals surface area contributed by atoms with Gasteiger partial charge in [-0.2, -0.15) is 5.10 Å². The van der Waals surface area contributed by atoms with Crippen molar-refractivity contribution >= 4 is 35.3 Å². The quantitative estimate of drug-likeness (QED) is 0.279. The first-order valence-corrected chi connectivity index (χ1v) is 9.90. The zero-order chi connectivity index (χ0) is 23.5. The Labute approximate surface area is 190 Å². The average molecular weight is 446 g/mol. The molecule has 3 rings (SSSR count). The van der Waals surface area contributed by atoms with Crippen molar-refractivity contribution in [2.24, 2.45) is 5.10 Å². The fourth-order valence-corrected chi connectivity index (χ4v) is 2.65. The molecule has 0 radical (unpaired) electrons. The summed E-state index contributed by atoms with van der Waals surface area (Å²) < 4.78 is 10.6. The van der Waals surface area contributed by atoms with Gasteiger partial charge in [0.15, 0.2) is 6.61 Å². The number of hydrogen-bond donors (Lipinski definition) is 3. The van der Waals surface area contributed by atoms with Crippen LogP contribution in [0.2, 0.25) is 0 Å². The monoisotopic (exact) mass is 446 g/mol. The lowest BCUT2D eigenvalue weighted by atomic mass is 10.2. The number of hydrogen-bond acceptors (Lipinski definition) is 6. The van der Waals surface area contributed by atoms with Crippen molar-refractivity contribution in [1.29, 1.82) is 0 Å². The summed E-state index contributed by atoms with van der Waals surface area (Å²) in [6.07, 6.45) is 1.32. The highest BCUT2D eigenvalue weighted by Crippen LogP contribution is 2.16. The van der Waals surface area contributed by atoms with Crippen LogP contribution in [0.25, 0.3) is 0 Å². The first-order chi connectivity index (χ1) is 16.0. The number of nitrogens with one attached hydrogen (secondary N) is 3. The van der Waals surface area contributed by atoms with E-state index in [1.165, 1.54) is 13.3 Å². The molecular weight excluding hydrogens is 424 g/mol. The first-order valence-electron chi connectivity index (χ1n) is 9.90. The number of hydrazone groups is 1. The second-order valence-corrected chi connectivity index (χ2v) is 6.62. The maximum Gasteiger partial charge on any atom is 0.329 e. The summed E-state index contributed by atoms with van der Waals surface area (Å²) >= 11 is 0. The van der Waals surface area contributed by atoms with Gasteiger partial charge in [-0.25, -0.2) is 5.43 Å². The van der Waals surface area contributed by atoms with E-state index in [2.05, 4.69) is 21.2 Å². The lowest BCUT2D eigenvalue weighted by molar-refractivity contribution is -0.136. The highest BCUT2D eigenvalue weighted by atomic mass is 16.5. The Hall–Kier alpha value is -4.66. The first kappa shape index (κ1) is 23.0. The van der Waals surface area contributed by atoms with Crippen LogP contribution in [0.3, 0.4) is 0 Å². The number of anilines is 2. The van der Waals surface area contributed by atoms with Crippen LogP contribution >= 0.6 is 0 Å². The lowest BCUT2D eigenvalue weighted by Crippen LogP contribution is -2.32. The summed E-state index contributed by atoms with van der Waals surface area (Å²) in [6.45, 7) is -0.212. The number of carbonyl (C=O) groups is 3. The summed E-state index contributed by atoms with van der Waals surface area (Å²) in [5.41, 5.74) is 3.77. The predicted octanol–water partition coefficient (Wildman–Crippen LogP) is 2.80. The van der Waals surface area contributed by atoms with E-state index in [1.807, 2.05) is 18.2 Å². The molecular formula is C24H22N4O5. The average Bonchev–Trinajstić information content (AvgIpc) is 2.84. The fourth-order valence-electron chi connectivity index (χ4n) is 2.65. The van der Waals surface area contributed by atoms with Gasteiger partial charge in [0, 0.05) is 16.9 Å². The minimum atomic E-state index is -0.942. The van der Waals surface area contributed by atoms with Gasteiger partial charge in [-0.3, -0.25) is 14.4 Å². The highest BCUT2D eigenvalue weighted by molar-refractivity contribution is 6.39. The van der Waals surface area contributed by atoms with Gasteiger partial charge >= 0.3 is 11.8 Å². The predicted molar refractivity (Wildman–Crippen MR) is 124 cm³/mol. The van der Waals surface area contributed by atoms with Gasteiger partial charge in [-0.1, -0.05) is 30.3 Å². The molecule has 0 unspecified atom stereocenters. The van der Waals surface area contributed by atoms with Gasteiger partial charge in [0.2, 0.25) is 0 Å². The van der Waals surface area contributed by atoms with Gasteiger partial charge in [0.05, 0.1) is 13.3 Å². The van der Waals surface area contributed by atoms with E-state index >= 15 is 0 Å². The molecule has 3 N–H and O–H groups in total. The molecule has 0 saturated heterocycles. The van der Waals surface area contributed by atoms with E-state index in [0.717, 1.165) is 0 Å². The third-order valence-corrected chi connectivity index (χ3v) is 4.26. The van der Waals surface area contributed by atoms with Gasteiger partial charge in [-0.15, -0.1) is 0 Å². The largest absolute Gasteiger partial charge is 0.497 e. The number of nitrogens with zero attached hydrogens (tertiary/aromatic N) is 1. The van der Waals surface area contributed by atoms with Gasteiger partial charge in [0.25, 0.3) is 5.91 Å². The Kier molecular flexibility index (Phi) is 8.13. The zero-order valence-electron chi connectivity index (χ0n) is 17.8. The van der Waals surface area contributed by atoms with E-state index in [9.17, 15) is 14.4 Å². The van der Waals surface area contributed by atoms with Crippen LogP contribution in [0.1, 0.15) is 5.56 Å². The van der Waals surface area contributed by atoms with Crippen molar-refractivity contribution in [2.75, 3.05) is 24.4 Å². The van der Waals surface area contributed by atoms with E-state index in [4.69, 9.17) is 9.47 Å². The number of amides is 3. The van der Waals surface area contributed by atoms with Crippen molar-refractivity contribution in [3.05, 3.63) is 84.4 Å². The third-order valence-electron chi connectivity index (χ3n) is 4.26. The van der Waals surface area contributed by atoms with Gasteiger partial charge < -0.3 is 20.1 Å². The molecule has 0 aliphatic rings. The maximum absolute atomic E-state index is 12.1. The van der Waals surface area contributed by atoms with Crippen molar-refractivity contribution in [3.8, 4) is 11.5 Å². The van der Waals surface area contributed by atoms with Crippen LogP contribution in [0.5, 0.6) is 11.5 Å². The third kappa shape index (κ3) is 7.21. The Morgan fingerprint density at radius 1 is 0.818 bits per heavy atom. The van der Waals surface area contributed by atoms with E-state index in [-0.39, 0.29) is 12.5 Å². The molecule has 0 aromatic heterocycles. The molecule has 0 fully saturated rings. The number of benzene rings is 3. The second-order valence-electron chi connectivity index (χ2n) is 6.62. The smallest absolute Gasteiger partial charge is 0.329 e. The SMILES string of the molecule is COc1ccc(NC(=O)C(=O)N/N=C\c2ccccc2OCC(=O)Nc2ccccc2)cc1. The molecule has 0 spiro atoms. The van der Waals surface area contributed by atoms with Crippen LogP contribution in [0, 0.1) is 0 Å². The minimum absolute atomic E-state index is 0.212. The van der Waals surface area contributed by atoms with Crippen molar-refractivity contribution in [2.45, 2.75) is 0 Å². The number of rotatable bonds is 8. The maximum atomic E-state index is 12.1. The Morgan fingerprint density at radius 3 is 2.21 bits per heavy atom. The molecule has 33 heavy (non-hydrogen) atoms. The summed E-state index contributed by atoms with van der Waals surface area (Å²) in [6, 6.07) is 22.4. The zero-order valence-corrected chi connectivity index (χ0v) is 17.8.